The summed E-state index contributed by atoms with van der Waals surface area (Å²) in [7, 11) is 0. The van der Waals surface area contributed by atoms with Gasteiger partial charge in [0.2, 0.25) is 0 Å². The van der Waals surface area contributed by atoms with E-state index in [1.807, 2.05) is 6.92 Å². The van der Waals surface area contributed by atoms with Crippen molar-refractivity contribution in [3.05, 3.63) is 0 Å². The van der Waals surface area contributed by atoms with Crippen molar-refractivity contribution in [2.45, 2.75) is 31.8 Å². The second kappa shape index (κ2) is 7.09. The monoisotopic (exact) mass is 299 g/mol. The molecule has 0 aromatic carbocycles. The van der Waals surface area contributed by atoms with Crippen LogP contribution in [0.1, 0.15) is 26.2 Å². The van der Waals surface area contributed by atoms with Gasteiger partial charge < -0.3 is 20.1 Å². The lowest BCUT2D eigenvalue weighted by molar-refractivity contribution is -0.137. The number of carboxylic acids is 1. The van der Waals surface area contributed by atoms with Crippen LogP contribution in [-0.2, 0) is 9.53 Å². The van der Waals surface area contributed by atoms with Gasteiger partial charge in [-0.05, 0) is 19.8 Å². The summed E-state index contributed by atoms with van der Waals surface area (Å²) in [6, 6.07) is -0.0513. The molecule has 1 unspecified atom stereocenters. The van der Waals surface area contributed by atoms with Crippen molar-refractivity contribution in [3.63, 3.8) is 0 Å². The quantitative estimate of drug-likeness (QED) is 0.766. The van der Waals surface area contributed by atoms with Crippen LogP contribution < -0.4 is 5.32 Å². The summed E-state index contributed by atoms with van der Waals surface area (Å²) in [4.78, 5) is 26.5. The maximum atomic E-state index is 12.1. The molecular weight excluding hydrogens is 274 g/mol. The van der Waals surface area contributed by atoms with Crippen LogP contribution >= 0.6 is 0 Å². The van der Waals surface area contributed by atoms with E-state index in [9.17, 15) is 9.59 Å². The minimum Gasteiger partial charge on any atom is -0.481 e. The standard InChI is InChI=1S/C14H25N3O4/c1-14(4-2-10-21-14)11-15-13(20)17-8-6-16(7-9-17)5-3-12(18)19/h2-11H2,1H3,(H,15,20)(H,18,19). The highest BCUT2D eigenvalue weighted by Gasteiger charge is 2.31. The molecule has 0 aromatic heterocycles. The Kier molecular flexibility index (Phi) is 5.41. The third-order valence-electron chi connectivity index (χ3n) is 4.22. The van der Waals surface area contributed by atoms with Crippen molar-refractivity contribution in [3.8, 4) is 0 Å². The summed E-state index contributed by atoms with van der Waals surface area (Å²) in [6.07, 6.45) is 2.19. The number of carboxylic acid groups (broad SMARTS) is 1. The van der Waals surface area contributed by atoms with Gasteiger partial charge in [0.05, 0.1) is 12.0 Å². The fourth-order valence-corrected chi connectivity index (χ4v) is 2.78. The lowest BCUT2D eigenvalue weighted by Gasteiger charge is -2.35. The van der Waals surface area contributed by atoms with Crippen LogP contribution in [0.25, 0.3) is 0 Å². The number of rotatable bonds is 5. The van der Waals surface area contributed by atoms with E-state index in [1.165, 1.54) is 0 Å². The number of piperazine rings is 1. The average molecular weight is 299 g/mol. The number of nitrogens with zero attached hydrogens (tertiary/aromatic N) is 2. The van der Waals surface area contributed by atoms with E-state index in [2.05, 4.69) is 10.2 Å². The van der Waals surface area contributed by atoms with E-state index in [1.54, 1.807) is 4.90 Å². The SMILES string of the molecule is CC1(CNC(=O)N2CCN(CCC(=O)O)CC2)CCCO1. The van der Waals surface area contributed by atoms with Crippen molar-refractivity contribution in [2.24, 2.45) is 0 Å². The lowest BCUT2D eigenvalue weighted by Crippen LogP contribution is -2.53. The summed E-state index contributed by atoms with van der Waals surface area (Å²) >= 11 is 0. The van der Waals surface area contributed by atoms with Gasteiger partial charge in [-0.15, -0.1) is 0 Å². The third kappa shape index (κ3) is 4.86. The zero-order valence-electron chi connectivity index (χ0n) is 12.6. The summed E-state index contributed by atoms with van der Waals surface area (Å²) in [5.41, 5.74) is -0.223. The second-order valence-corrected chi connectivity index (χ2v) is 6.03. The molecule has 2 N–H and O–H groups in total. The number of hydrogen-bond donors (Lipinski definition) is 2. The highest BCUT2D eigenvalue weighted by atomic mass is 16.5. The van der Waals surface area contributed by atoms with E-state index in [0.29, 0.717) is 26.2 Å². The normalized spacial score (nSPS) is 26.8. The van der Waals surface area contributed by atoms with E-state index >= 15 is 0 Å². The molecular formula is C14H25N3O4. The largest absolute Gasteiger partial charge is 0.481 e. The zero-order valence-corrected chi connectivity index (χ0v) is 12.6. The molecule has 2 aliphatic rings. The van der Waals surface area contributed by atoms with Gasteiger partial charge in [-0.3, -0.25) is 9.69 Å². The van der Waals surface area contributed by atoms with Crippen LogP contribution in [0.5, 0.6) is 0 Å². The Morgan fingerprint density at radius 1 is 1.29 bits per heavy atom. The molecule has 2 heterocycles. The van der Waals surface area contributed by atoms with Crippen molar-refractivity contribution >= 4 is 12.0 Å². The topological polar surface area (TPSA) is 82.1 Å². The molecule has 2 saturated heterocycles. The molecule has 0 aromatic rings. The first kappa shape index (κ1) is 16.0. The fraction of sp³-hybridized carbons (Fsp3) is 0.857. The molecule has 2 fully saturated rings. The number of carbonyl (C=O) groups is 2. The molecule has 2 aliphatic heterocycles. The van der Waals surface area contributed by atoms with Crippen LogP contribution in [0.15, 0.2) is 0 Å². The fourth-order valence-electron chi connectivity index (χ4n) is 2.78. The molecule has 0 aliphatic carbocycles. The molecule has 120 valence electrons. The highest BCUT2D eigenvalue weighted by molar-refractivity contribution is 5.74. The smallest absolute Gasteiger partial charge is 0.317 e. The van der Waals surface area contributed by atoms with Crippen molar-refractivity contribution < 1.29 is 19.4 Å². The lowest BCUT2D eigenvalue weighted by atomic mass is 10.0. The van der Waals surface area contributed by atoms with Crippen molar-refractivity contribution in [1.29, 1.82) is 0 Å². The van der Waals surface area contributed by atoms with Crippen LogP contribution in [0.3, 0.4) is 0 Å². The summed E-state index contributed by atoms with van der Waals surface area (Å²) in [6.45, 7) is 6.65. The van der Waals surface area contributed by atoms with Gasteiger partial charge in [-0.2, -0.15) is 0 Å². The first-order valence-corrected chi connectivity index (χ1v) is 7.59. The van der Waals surface area contributed by atoms with Crippen LogP contribution in [0, 0.1) is 0 Å². The Bertz CT molecular complexity index is 374. The highest BCUT2D eigenvalue weighted by Crippen LogP contribution is 2.23. The minimum absolute atomic E-state index is 0.0513. The van der Waals surface area contributed by atoms with E-state index < -0.39 is 5.97 Å². The van der Waals surface area contributed by atoms with Crippen LogP contribution in [0.4, 0.5) is 4.79 Å². The minimum atomic E-state index is -0.778. The van der Waals surface area contributed by atoms with Gasteiger partial charge in [-0.1, -0.05) is 0 Å². The van der Waals surface area contributed by atoms with Gasteiger partial charge in [0, 0.05) is 45.9 Å². The Balaban J connectivity index is 1.67. The number of hydrogen-bond acceptors (Lipinski definition) is 4. The molecule has 2 rings (SSSR count). The zero-order chi connectivity index (χ0) is 15.3. The Morgan fingerprint density at radius 2 is 2.00 bits per heavy atom. The molecule has 7 heteroatoms. The molecule has 0 bridgehead atoms. The van der Waals surface area contributed by atoms with Crippen LogP contribution in [-0.4, -0.2) is 78.4 Å². The molecule has 0 saturated carbocycles. The van der Waals surface area contributed by atoms with Crippen LogP contribution in [0.2, 0.25) is 0 Å². The maximum absolute atomic E-state index is 12.1. The predicted molar refractivity (Wildman–Crippen MR) is 77.3 cm³/mol. The summed E-state index contributed by atoms with van der Waals surface area (Å²) < 4.78 is 5.65. The Labute approximate surface area is 125 Å². The maximum Gasteiger partial charge on any atom is 0.317 e. The first-order chi connectivity index (χ1) is 9.98. The number of aliphatic carboxylic acids is 1. The van der Waals surface area contributed by atoms with Gasteiger partial charge in [0.1, 0.15) is 0 Å². The third-order valence-corrected chi connectivity index (χ3v) is 4.22. The number of nitrogens with one attached hydrogen (secondary N) is 1. The first-order valence-electron chi connectivity index (χ1n) is 7.59. The molecule has 0 spiro atoms. The number of ether oxygens (including phenoxy) is 1. The molecule has 1 atom stereocenters. The summed E-state index contributed by atoms with van der Waals surface area (Å²) in [5.74, 6) is -0.778. The van der Waals surface area contributed by atoms with Gasteiger partial charge in [-0.25, -0.2) is 4.79 Å². The van der Waals surface area contributed by atoms with E-state index in [0.717, 1.165) is 32.5 Å². The van der Waals surface area contributed by atoms with Gasteiger partial charge in [0.15, 0.2) is 0 Å². The Hall–Kier alpha value is -1.34. The Morgan fingerprint density at radius 3 is 2.57 bits per heavy atom. The van der Waals surface area contributed by atoms with Gasteiger partial charge in [0.25, 0.3) is 0 Å². The number of urea groups is 1. The predicted octanol–water partition coefficient (Wildman–Crippen LogP) is 0.357. The summed E-state index contributed by atoms with van der Waals surface area (Å²) in [5, 5.41) is 11.6. The number of carbonyl (C=O) groups excluding carboxylic acids is 1. The molecule has 0 radical (unpaired) electrons. The molecule has 7 nitrogen and oxygen atoms in total. The molecule has 2 amide bonds. The number of amides is 2. The average Bonchev–Trinajstić information content (AvgIpc) is 2.90. The van der Waals surface area contributed by atoms with E-state index in [-0.39, 0.29) is 18.1 Å². The van der Waals surface area contributed by atoms with Crippen molar-refractivity contribution in [1.82, 2.24) is 15.1 Å². The second-order valence-electron chi connectivity index (χ2n) is 6.03. The van der Waals surface area contributed by atoms with E-state index in [4.69, 9.17) is 9.84 Å². The van der Waals surface area contributed by atoms with Crippen molar-refractivity contribution in [2.75, 3.05) is 45.9 Å². The molecule has 21 heavy (non-hydrogen) atoms. The van der Waals surface area contributed by atoms with Gasteiger partial charge >= 0.3 is 12.0 Å².